The predicted octanol–water partition coefficient (Wildman–Crippen LogP) is 2.33. The van der Waals surface area contributed by atoms with E-state index in [1.807, 2.05) is 0 Å². The van der Waals surface area contributed by atoms with E-state index in [2.05, 4.69) is 19.1 Å². The number of β-amino-alcohol motifs (C(OH)–C–C–N with tert-alkyl or cyclic N) is 1. The van der Waals surface area contributed by atoms with Gasteiger partial charge in [-0.1, -0.05) is 24.3 Å². The van der Waals surface area contributed by atoms with Crippen molar-refractivity contribution in [1.29, 1.82) is 0 Å². The molecule has 0 saturated carbocycles. The smallest absolute Gasteiger partial charge is 0.387 e. The van der Waals surface area contributed by atoms with Crippen LogP contribution >= 0.6 is 0 Å². The lowest BCUT2D eigenvalue weighted by atomic mass is 9.96. The van der Waals surface area contributed by atoms with E-state index in [1.165, 1.54) is 16.7 Å². The molecule has 202 valence electrons. The van der Waals surface area contributed by atoms with Gasteiger partial charge in [0, 0.05) is 18.8 Å². The molecule has 1 atom stereocenters. The summed E-state index contributed by atoms with van der Waals surface area (Å²) in [6.45, 7) is 3.41. The van der Waals surface area contributed by atoms with Gasteiger partial charge in [-0.05, 0) is 42.2 Å². The Morgan fingerprint density at radius 1 is 1.16 bits per heavy atom. The van der Waals surface area contributed by atoms with E-state index in [4.69, 9.17) is 0 Å². The molecule has 10 nitrogen and oxygen atoms in total. The summed E-state index contributed by atoms with van der Waals surface area (Å²) < 4.78 is 78.7. The highest BCUT2D eigenvalue weighted by Crippen LogP contribution is 2.27. The fourth-order valence-electron chi connectivity index (χ4n) is 3.71. The van der Waals surface area contributed by atoms with Crippen LogP contribution < -0.4 is 14.8 Å². The molecule has 0 aliphatic carbocycles. The molecule has 4 rings (SSSR count). The average Bonchev–Trinajstić information content (AvgIpc) is 2.83. The van der Waals surface area contributed by atoms with Gasteiger partial charge in [-0.2, -0.15) is 31.6 Å². The van der Waals surface area contributed by atoms with Crippen molar-refractivity contribution in [3.63, 3.8) is 0 Å². The van der Waals surface area contributed by atoms with Crippen LogP contribution in [0, 0.1) is 19.7 Å². The monoisotopic (exact) mass is 555 g/mol. The van der Waals surface area contributed by atoms with Crippen molar-refractivity contribution in [2.45, 2.75) is 32.0 Å². The van der Waals surface area contributed by atoms with E-state index in [0.717, 1.165) is 12.3 Å². The van der Waals surface area contributed by atoms with Crippen molar-refractivity contribution in [3.05, 3.63) is 81.4 Å². The predicted molar refractivity (Wildman–Crippen MR) is 127 cm³/mol. The number of nitrogens with zero attached hydrogens (tertiary/aromatic N) is 5. The number of halogens is 4. The number of rotatable bonds is 6. The summed E-state index contributed by atoms with van der Waals surface area (Å²) in [5.74, 6) is -0.840. The second-order valence-corrected chi connectivity index (χ2v) is 10.0. The van der Waals surface area contributed by atoms with E-state index >= 15 is 0 Å². The van der Waals surface area contributed by atoms with Gasteiger partial charge in [-0.25, -0.2) is 14.2 Å². The second-order valence-electron chi connectivity index (χ2n) is 8.47. The number of alkyl halides is 3. The van der Waals surface area contributed by atoms with Crippen molar-refractivity contribution in [1.82, 2.24) is 19.5 Å². The van der Waals surface area contributed by atoms with Gasteiger partial charge in [0.15, 0.2) is 0 Å². The van der Waals surface area contributed by atoms with Crippen LogP contribution in [0.1, 0.15) is 22.5 Å². The third-order valence-electron chi connectivity index (χ3n) is 5.77. The third kappa shape index (κ3) is 5.67. The molecular formula is C23H21F4N5O5S. The molecule has 2 aromatic heterocycles. The fourth-order valence-corrected chi connectivity index (χ4v) is 4.12. The maximum Gasteiger partial charge on any atom is 0.534 e. The summed E-state index contributed by atoms with van der Waals surface area (Å²) >= 11 is 0. The first kappa shape index (κ1) is 27.2. The lowest BCUT2D eigenvalue weighted by Crippen LogP contribution is -2.40. The molecule has 0 bridgehead atoms. The Kier molecular flexibility index (Phi) is 7.25. The molecule has 0 saturated heterocycles. The van der Waals surface area contributed by atoms with Gasteiger partial charge in [0.1, 0.15) is 11.6 Å². The van der Waals surface area contributed by atoms with Gasteiger partial charge in [-0.15, -0.1) is 0 Å². The van der Waals surface area contributed by atoms with Gasteiger partial charge in [0.05, 0.1) is 19.2 Å². The molecule has 1 N–H and O–H groups in total. The quantitative estimate of drug-likeness (QED) is 0.277. The van der Waals surface area contributed by atoms with Crippen LogP contribution in [0.4, 0.5) is 23.5 Å². The zero-order chi connectivity index (χ0) is 27.8. The van der Waals surface area contributed by atoms with Crippen molar-refractivity contribution in [2.75, 3.05) is 18.0 Å². The van der Waals surface area contributed by atoms with Gasteiger partial charge >= 0.3 is 21.3 Å². The number of pyridine rings is 1. The van der Waals surface area contributed by atoms with Crippen LogP contribution in [0.2, 0.25) is 0 Å². The standard InChI is InChI=1S/C23H21F4N5O5S/c1-13-3-5-16(9-18(13)24)17-7-8-31(12-19(17)33)21-29-14(2)32(22(34)30-21)11-15-4-6-20(28-10-15)37-38(35,36)23(25,26)27/h3-7,9-10,19,33H,8,11-12H2,1-2H3/t19-/m0/s1. The number of hydrogen-bond donors (Lipinski definition) is 1. The first-order valence-electron chi connectivity index (χ1n) is 11.1. The van der Waals surface area contributed by atoms with E-state index in [9.17, 15) is 35.9 Å². The van der Waals surface area contributed by atoms with E-state index in [-0.39, 0.29) is 37.2 Å². The van der Waals surface area contributed by atoms with Crippen LogP contribution in [0.5, 0.6) is 5.88 Å². The highest BCUT2D eigenvalue weighted by Gasteiger charge is 2.48. The first-order valence-corrected chi connectivity index (χ1v) is 12.5. The maximum absolute atomic E-state index is 14.0. The molecule has 0 amide bonds. The summed E-state index contributed by atoms with van der Waals surface area (Å²) in [5.41, 5.74) is -4.36. The Bertz CT molecular complexity index is 1560. The molecule has 1 aromatic carbocycles. The summed E-state index contributed by atoms with van der Waals surface area (Å²) in [6, 6.07) is 6.86. The SMILES string of the molecule is Cc1ccc(C2=CCN(c3nc(C)n(Cc4ccc(OS(=O)(=O)C(F)(F)F)nc4)c(=O)n3)C[C@@H]2O)cc1F. The molecule has 0 fully saturated rings. The number of benzene rings is 1. The Morgan fingerprint density at radius 2 is 1.89 bits per heavy atom. The Hall–Kier alpha value is -3.85. The van der Waals surface area contributed by atoms with E-state index in [1.54, 1.807) is 37.0 Å². The number of aliphatic hydroxyl groups excluding tert-OH is 1. The zero-order valence-electron chi connectivity index (χ0n) is 20.0. The largest absolute Gasteiger partial charge is 0.534 e. The highest BCUT2D eigenvalue weighted by atomic mass is 32.2. The highest BCUT2D eigenvalue weighted by molar-refractivity contribution is 7.87. The van der Waals surface area contributed by atoms with Crippen molar-refractivity contribution in [2.24, 2.45) is 0 Å². The first-order chi connectivity index (χ1) is 17.7. The minimum absolute atomic E-state index is 0.0659. The Balaban J connectivity index is 1.49. The summed E-state index contributed by atoms with van der Waals surface area (Å²) in [5, 5.41) is 10.7. The van der Waals surface area contributed by atoms with Crippen molar-refractivity contribution < 1.29 is 35.3 Å². The average molecular weight is 556 g/mol. The maximum atomic E-state index is 14.0. The number of aryl methyl sites for hydroxylation is 2. The Morgan fingerprint density at radius 3 is 2.47 bits per heavy atom. The topological polar surface area (TPSA) is 128 Å². The van der Waals surface area contributed by atoms with Crippen LogP contribution in [0.3, 0.4) is 0 Å². The summed E-state index contributed by atoms with van der Waals surface area (Å²) in [7, 11) is -5.86. The van der Waals surface area contributed by atoms with Crippen LogP contribution in [-0.4, -0.2) is 57.7 Å². The fraction of sp³-hybridized carbons (Fsp3) is 0.304. The molecule has 0 radical (unpaired) electrons. The molecule has 1 aliphatic heterocycles. The number of aromatic nitrogens is 4. The third-order valence-corrected chi connectivity index (χ3v) is 6.72. The molecule has 15 heteroatoms. The molecule has 3 heterocycles. The van der Waals surface area contributed by atoms with Crippen molar-refractivity contribution in [3.8, 4) is 5.88 Å². The minimum atomic E-state index is -5.86. The normalized spacial score (nSPS) is 16.3. The zero-order valence-corrected chi connectivity index (χ0v) is 20.8. The number of aliphatic hydroxyl groups is 1. The second kappa shape index (κ2) is 10.1. The number of anilines is 1. The summed E-state index contributed by atoms with van der Waals surface area (Å²) in [6.07, 6.45) is 1.78. The van der Waals surface area contributed by atoms with Crippen LogP contribution in [0.15, 0.2) is 47.4 Å². The van der Waals surface area contributed by atoms with Gasteiger partial charge in [0.2, 0.25) is 11.8 Å². The van der Waals surface area contributed by atoms with Crippen LogP contribution in [0.25, 0.3) is 5.57 Å². The molecule has 0 spiro atoms. The molecule has 0 unspecified atom stereocenters. The van der Waals surface area contributed by atoms with Gasteiger partial charge in [0.25, 0.3) is 0 Å². The minimum Gasteiger partial charge on any atom is -0.387 e. The number of hydrogen-bond acceptors (Lipinski definition) is 9. The summed E-state index contributed by atoms with van der Waals surface area (Å²) in [4.78, 5) is 26.2. The lowest BCUT2D eigenvalue weighted by molar-refractivity contribution is -0.0501. The van der Waals surface area contributed by atoms with Crippen molar-refractivity contribution >= 4 is 21.6 Å². The molecule has 3 aromatic rings. The molecule has 1 aliphatic rings. The lowest BCUT2D eigenvalue weighted by Gasteiger charge is -2.30. The van der Waals surface area contributed by atoms with Gasteiger partial charge < -0.3 is 14.2 Å². The van der Waals surface area contributed by atoms with E-state index < -0.39 is 33.3 Å². The van der Waals surface area contributed by atoms with Crippen LogP contribution in [-0.2, 0) is 16.7 Å². The van der Waals surface area contributed by atoms with Gasteiger partial charge in [-0.3, -0.25) is 4.57 Å². The molecule has 38 heavy (non-hydrogen) atoms. The molecular weight excluding hydrogens is 534 g/mol. The van der Waals surface area contributed by atoms with E-state index in [0.29, 0.717) is 22.3 Å². The Labute approximate surface area is 214 Å².